The third-order valence-corrected chi connectivity index (χ3v) is 6.56. The minimum Gasteiger partial charge on any atom is -0.379 e. The molecule has 0 aromatic heterocycles. The molecule has 0 saturated carbocycles. The van der Waals surface area contributed by atoms with Crippen LogP contribution in [0.3, 0.4) is 0 Å². The molecule has 1 atom stereocenters. The van der Waals surface area contributed by atoms with E-state index < -0.39 is 44.6 Å². The smallest absolute Gasteiger partial charge is 0.259 e. The molecule has 0 radical (unpaired) electrons. The van der Waals surface area contributed by atoms with Gasteiger partial charge in [0.25, 0.3) is 5.91 Å². The van der Waals surface area contributed by atoms with Crippen molar-refractivity contribution in [1.29, 1.82) is 0 Å². The van der Waals surface area contributed by atoms with Gasteiger partial charge in [-0.15, -0.1) is 0 Å². The topological polar surface area (TPSA) is 79.0 Å². The van der Waals surface area contributed by atoms with Crippen molar-refractivity contribution in [2.24, 2.45) is 0 Å². The number of benzene rings is 3. The summed E-state index contributed by atoms with van der Waals surface area (Å²) in [6.45, 7) is -12.6. The maximum Gasteiger partial charge on any atom is 0.259 e. The number of rotatable bonds is 5. The fourth-order valence-corrected chi connectivity index (χ4v) is 4.91. The van der Waals surface area contributed by atoms with E-state index in [-0.39, 0.29) is 24.7 Å². The molecule has 2 fully saturated rings. The molecule has 7 nitrogen and oxygen atoms in total. The Morgan fingerprint density at radius 2 is 1.74 bits per heavy atom. The summed E-state index contributed by atoms with van der Waals surface area (Å²) in [5, 5.41) is 3.88. The second-order valence-corrected chi connectivity index (χ2v) is 8.72. The number of morpholine rings is 1. The van der Waals surface area contributed by atoms with Gasteiger partial charge in [-0.25, -0.2) is 0 Å². The van der Waals surface area contributed by atoms with Gasteiger partial charge in [-0.05, 0) is 47.1 Å². The van der Waals surface area contributed by atoms with E-state index in [0.29, 0.717) is 28.1 Å². The molecule has 0 spiro atoms. The Morgan fingerprint density at radius 3 is 2.51 bits per heavy atom. The van der Waals surface area contributed by atoms with Gasteiger partial charge in [-0.3, -0.25) is 29.5 Å². The average molecular weight is 478 g/mol. The summed E-state index contributed by atoms with van der Waals surface area (Å²) < 4.78 is 68.9. The fraction of sp³-hybridized carbons (Fsp3) is 0.321. The number of hydrogen-bond acceptors (Lipinski definition) is 5. The third kappa shape index (κ3) is 4.00. The van der Waals surface area contributed by atoms with Crippen molar-refractivity contribution >= 4 is 34.2 Å². The van der Waals surface area contributed by atoms with Crippen LogP contribution in [0.1, 0.15) is 50.9 Å². The molecule has 6 rings (SSSR count). The van der Waals surface area contributed by atoms with Gasteiger partial charge in [0.2, 0.25) is 11.8 Å². The molecule has 0 aliphatic carbocycles. The molecule has 3 aromatic rings. The Morgan fingerprint density at radius 1 is 0.971 bits per heavy atom. The SMILES string of the molecule is [2H]C1([2H])OC([2H])([2H])C([2H])([2H])N(Cc2ccc(Cc3ccc4c5c(cccc35)C(=O)N4C3CCC(=O)NC3=O)cc2)C1([2H])[2H]. The second kappa shape index (κ2) is 8.91. The van der Waals surface area contributed by atoms with Crippen molar-refractivity contribution in [1.82, 2.24) is 10.2 Å². The van der Waals surface area contributed by atoms with Gasteiger partial charge < -0.3 is 4.74 Å². The van der Waals surface area contributed by atoms with E-state index in [1.165, 1.54) is 4.90 Å². The Kier molecular flexibility index (Phi) is 3.76. The van der Waals surface area contributed by atoms with Crippen LogP contribution in [0.5, 0.6) is 0 Å². The molecule has 3 aliphatic heterocycles. The van der Waals surface area contributed by atoms with Crippen LogP contribution in [0.25, 0.3) is 10.8 Å². The van der Waals surface area contributed by atoms with Gasteiger partial charge in [-0.2, -0.15) is 0 Å². The number of piperidine rings is 1. The number of hydrogen-bond donors (Lipinski definition) is 1. The van der Waals surface area contributed by atoms with Crippen LogP contribution >= 0.6 is 0 Å². The molecule has 1 N–H and O–H groups in total. The summed E-state index contributed by atoms with van der Waals surface area (Å²) in [6.07, 6.45) is 0.842. The van der Waals surface area contributed by atoms with Crippen LogP contribution in [-0.4, -0.2) is 54.8 Å². The van der Waals surface area contributed by atoms with Gasteiger partial charge >= 0.3 is 0 Å². The molecule has 178 valence electrons. The van der Waals surface area contributed by atoms with E-state index in [9.17, 15) is 14.4 Å². The maximum atomic E-state index is 13.4. The molecule has 3 heterocycles. The van der Waals surface area contributed by atoms with Crippen molar-refractivity contribution in [3.05, 3.63) is 76.9 Å². The molecule has 3 amide bonds. The first-order valence-electron chi connectivity index (χ1n) is 15.3. The summed E-state index contributed by atoms with van der Waals surface area (Å²) in [5.74, 6) is -1.16. The number of nitrogens with one attached hydrogen (secondary N) is 1. The molecular weight excluding hydrogens is 442 g/mol. The number of ether oxygens (including phenoxy) is 1. The van der Waals surface area contributed by atoms with Crippen molar-refractivity contribution in [3.8, 4) is 0 Å². The second-order valence-electron chi connectivity index (χ2n) is 8.72. The number of amides is 3. The summed E-state index contributed by atoms with van der Waals surface area (Å²) >= 11 is 0. The lowest BCUT2D eigenvalue weighted by atomic mass is 9.95. The average Bonchev–Trinajstić information content (AvgIpc) is 3.20. The van der Waals surface area contributed by atoms with Gasteiger partial charge in [0.05, 0.1) is 24.3 Å². The summed E-state index contributed by atoms with van der Waals surface area (Å²) in [6, 6.07) is 15.1. The highest BCUT2D eigenvalue weighted by Gasteiger charge is 2.40. The van der Waals surface area contributed by atoms with E-state index in [0.717, 1.165) is 21.9 Å². The van der Waals surface area contributed by atoms with Crippen LogP contribution in [0.15, 0.2) is 54.6 Å². The zero-order valence-corrected chi connectivity index (χ0v) is 18.6. The van der Waals surface area contributed by atoms with E-state index in [1.54, 1.807) is 42.5 Å². The Labute approximate surface area is 214 Å². The number of anilines is 1. The fourth-order valence-electron chi connectivity index (χ4n) is 4.91. The highest BCUT2D eigenvalue weighted by Crippen LogP contribution is 2.41. The third-order valence-electron chi connectivity index (χ3n) is 6.56. The van der Waals surface area contributed by atoms with Crippen molar-refractivity contribution in [3.63, 3.8) is 0 Å². The van der Waals surface area contributed by atoms with Crippen LogP contribution < -0.4 is 10.2 Å². The summed E-state index contributed by atoms with van der Waals surface area (Å²) in [7, 11) is 0. The van der Waals surface area contributed by atoms with E-state index in [1.807, 2.05) is 12.1 Å². The van der Waals surface area contributed by atoms with Gasteiger partial charge in [0.15, 0.2) is 0 Å². The molecule has 3 aliphatic rings. The largest absolute Gasteiger partial charge is 0.379 e. The molecule has 1 unspecified atom stereocenters. The predicted octanol–water partition coefficient (Wildman–Crippen LogP) is 3.03. The van der Waals surface area contributed by atoms with Crippen molar-refractivity contribution in [2.45, 2.75) is 31.8 Å². The van der Waals surface area contributed by atoms with Crippen LogP contribution in [0, 0.1) is 0 Å². The monoisotopic (exact) mass is 477 g/mol. The number of nitrogens with zero attached hydrogens (tertiary/aromatic N) is 2. The molecular formula is C28H27N3O4. The lowest BCUT2D eigenvalue weighted by molar-refractivity contribution is -0.134. The van der Waals surface area contributed by atoms with Crippen LogP contribution in [0.4, 0.5) is 5.69 Å². The minimum absolute atomic E-state index is 0.147. The number of carbonyl (C=O) groups is 3. The molecule has 3 aromatic carbocycles. The highest BCUT2D eigenvalue weighted by molar-refractivity contribution is 6.27. The lowest BCUT2D eigenvalue weighted by Crippen LogP contribution is -2.53. The van der Waals surface area contributed by atoms with Gasteiger partial charge in [-0.1, -0.05) is 42.5 Å². The molecule has 2 saturated heterocycles. The summed E-state index contributed by atoms with van der Waals surface area (Å²) in [5.41, 5.74) is 3.29. The molecule has 7 heteroatoms. The lowest BCUT2D eigenvalue weighted by Gasteiger charge is -2.30. The zero-order chi connectivity index (χ0) is 31.1. The Balaban J connectivity index is 1.27. The van der Waals surface area contributed by atoms with E-state index in [2.05, 4.69) is 10.1 Å². The first kappa shape index (κ1) is 14.8. The van der Waals surface area contributed by atoms with Gasteiger partial charge in [0, 0.05) is 42.4 Å². The van der Waals surface area contributed by atoms with Crippen molar-refractivity contribution < 1.29 is 30.1 Å². The highest BCUT2D eigenvalue weighted by atomic mass is 16.5. The zero-order valence-electron chi connectivity index (χ0n) is 26.6. The first-order valence-corrected chi connectivity index (χ1v) is 11.3. The minimum atomic E-state index is -3.10. The Hall–Kier alpha value is -3.55. The van der Waals surface area contributed by atoms with Gasteiger partial charge in [0.1, 0.15) is 6.04 Å². The Bertz CT molecular complexity index is 1650. The quantitative estimate of drug-likeness (QED) is 0.572. The van der Waals surface area contributed by atoms with Crippen LogP contribution in [-0.2, 0) is 27.3 Å². The molecule has 35 heavy (non-hydrogen) atoms. The van der Waals surface area contributed by atoms with E-state index in [4.69, 9.17) is 11.0 Å². The summed E-state index contributed by atoms with van der Waals surface area (Å²) in [4.78, 5) is 39.6. The molecule has 0 bridgehead atoms. The van der Waals surface area contributed by atoms with E-state index >= 15 is 0 Å². The predicted molar refractivity (Wildman–Crippen MR) is 132 cm³/mol. The van der Waals surface area contributed by atoms with Crippen molar-refractivity contribution in [2.75, 3.05) is 31.0 Å². The number of carbonyl (C=O) groups excluding carboxylic acids is 3. The van der Waals surface area contributed by atoms with Crippen LogP contribution in [0.2, 0.25) is 0 Å². The first-order chi connectivity index (χ1) is 20.0. The maximum absolute atomic E-state index is 13.4. The number of imide groups is 1. The standard InChI is InChI=1S/C28H27N3O4/c32-25-11-10-24(27(33)29-25)31-23-9-8-20(21-2-1-3-22(26(21)23)28(31)34)16-18-4-6-19(7-5-18)17-30-12-14-35-15-13-30/h1-9,24H,10-17H2,(H,29,32,33)/i12D2,13D2,14D2,15D2. The normalized spacial score (nSPS) is 29.7.